The zero-order valence-electron chi connectivity index (χ0n) is 24.6. The molecule has 0 aromatic heterocycles. The van der Waals surface area contributed by atoms with Gasteiger partial charge in [-0.25, -0.2) is 4.79 Å². The maximum Gasteiger partial charge on any atom is 0.408 e. The van der Waals surface area contributed by atoms with E-state index in [2.05, 4.69) is 10.6 Å². The maximum atomic E-state index is 14.3. The smallest absolute Gasteiger partial charge is 0.408 e. The number of phenolic OH excluding ortho intramolecular Hbond substituents is 1. The minimum absolute atomic E-state index is 0.0493. The minimum Gasteiger partial charge on any atom is -0.508 e. The molecule has 0 aliphatic heterocycles. The quantitative estimate of drug-likeness (QED) is 0.239. The number of alkyl carbamates (subject to hydrolysis) is 1. The summed E-state index contributed by atoms with van der Waals surface area (Å²) in [7, 11) is 0. The van der Waals surface area contributed by atoms with Crippen molar-refractivity contribution < 1.29 is 24.2 Å². The first-order valence-corrected chi connectivity index (χ1v) is 15.2. The Morgan fingerprint density at radius 3 is 2.27 bits per heavy atom. The number of amides is 3. The highest BCUT2D eigenvalue weighted by molar-refractivity contribution is 7.98. The van der Waals surface area contributed by atoms with E-state index in [9.17, 15) is 19.5 Å². The van der Waals surface area contributed by atoms with E-state index in [1.54, 1.807) is 49.6 Å². The predicted octanol–water partition coefficient (Wildman–Crippen LogP) is 6.50. The number of phenols is 1. The first kappa shape index (κ1) is 31.8. The lowest BCUT2D eigenvalue weighted by molar-refractivity contribution is -0.143. The van der Waals surface area contributed by atoms with Gasteiger partial charge in [-0.2, -0.15) is 11.8 Å². The molecule has 3 atom stereocenters. The SMILES string of the molecule is CCC(C)N(C(=O)C(CCSC)NC(=O)OC(C)(C)C)C(C(=O)Nc1ccc2ccccc2c1)c1ccc(O)cc1. The normalized spacial score (nSPS) is 13.6. The van der Waals surface area contributed by atoms with E-state index < -0.39 is 29.7 Å². The monoisotopic (exact) mass is 579 g/mol. The number of hydrogen-bond acceptors (Lipinski definition) is 6. The van der Waals surface area contributed by atoms with Crippen molar-refractivity contribution in [3.63, 3.8) is 0 Å². The standard InChI is InChI=1S/C32H41N3O5S/c1-7-21(2)35(30(38)27(18-19-41-6)34-31(39)40-32(3,4)5)28(23-13-16-26(36)17-14-23)29(37)33-25-15-12-22-10-8-9-11-24(22)20-25/h8-17,20-21,27-28,36H,7,18-19H2,1-6H3,(H,33,37)(H,34,39). The van der Waals surface area contributed by atoms with Gasteiger partial charge in [0.1, 0.15) is 23.4 Å². The first-order chi connectivity index (χ1) is 19.4. The lowest BCUT2D eigenvalue weighted by Gasteiger charge is -2.38. The van der Waals surface area contributed by atoms with Gasteiger partial charge in [0.15, 0.2) is 0 Å². The van der Waals surface area contributed by atoms with Crippen molar-refractivity contribution in [2.24, 2.45) is 0 Å². The van der Waals surface area contributed by atoms with E-state index in [-0.39, 0.29) is 17.7 Å². The second kappa shape index (κ2) is 14.3. The zero-order valence-corrected chi connectivity index (χ0v) is 25.5. The van der Waals surface area contributed by atoms with Crippen molar-refractivity contribution in [2.75, 3.05) is 17.3 Å². The third-order valence-corrected chi connectivity index (χ3v) is 7.32. The Morgan fingerprint density at radius 1 is 1.00 bits per heavy atom. The number of benzene rings is 3. The number of nitrogens with zero attached hydrogens (tertiary/aromatic N) is 1. The molecule has 0 aliphatic rings. The van der Waals surface area contributed by atoms with Crippen LogP contribution in [0.2, 0.25) is 0 Å². The number of aromatic hydroxyl groups is 1. The van der Waals surface area contributed by atoms with Crippen LogP contribution in [-0.2, 0) is 14.3 Å². The molecule has 220 valence electrons. The van der Waals surface area contributed by atoms with Gasteiger partial charge in [-0.1, -0.05) is 49.4 Å². The fourth-order valence-electron chi connectivity index (χ4n) is 4.49. The Bertz CT molecular complexity index is 1340. The molecule has 0 saturated carbocycles. The van der Waals surface area contributed by atoms with Crippen LogP contribution in [0.25, 0.3) is 10.8 Å². The number of thioether (sulfide) groups is 1. The van der Waals surface area contributed by atoms with Gasteiger partial charge in [0.25, 0.3) is 5.91 Å². The largest absolute Gasteiger partial charge is 0.508 e. The summed E-state index contributed by atoms with van der Waals surface area (Å²) in [5, 5.41) is 17.7. The molecule has 9 heteroatoms. The third-order valence-electron chi connectivity index (χ3n) is 6.67. The van der Waals surface area contributed by atoms with E-state index in [1.165, 1.54) is 12.1 Å². The number of anilines is 1. The first-order valence-electron chi connectivity index (χ1n) is 13.8. The van der Waals surface area contributed by atoms with E-state index in [0.29, 0.717) is 29.8 Å². The number of rotatable bonds is 11. The van der Waals surface area contributed by atoms with Crippen LogP contribution in [0, 0.1) is 0 Å². The van der Waals surface area contributed by atoms with Gasteiger partial charge >= 0.3 is 6.09 Å². The Hall–Kier alpha value is -3.72. The predicted molar refractivity (Wildman–Crippen MR) is 166 cm³/mol. The van der Waals surface area contributed by atoms with Crippen LogP contribution in [0.15, 0.2) is 66.7 Å². The van der Waals surface area contributed by atoms with E-state index >= 15 is 0 Å². The highest BCUT2D eigenvalue weighted by Gasteiger charge is 2.38. The Morgan fingerprint density at radius 2 is 1.66 bits per heavy atom. The molecular weight excluding hydrogens is 538 g/mol. The minimum atomic E-state index is -1.03. The molecule has 8 nitrogen and oxygen atoms in total. The summed E-state index contributed by atoms with van der Waals surface area (Å²) >= 11 is 1.56. The lowest BCUT2D eigenvalue weighted by atomic mass is 9.99. The van der Waals surface area contributed by atoms with Crippen molar-refractivity contribution in [3.05, 3.63) is 72.3 Å². The van der Waals surface area contributed by atoms with E-state index in [4.69, 9.17) is 4.74 Å². The fraction of sp³-hybridized carbons (Fsp3) is 0.406. The molecule has 3 aromatic rings. The molecule has 0 aliphatic carbocycles. The van der Waals surface area contributed by atoms with Gasteiger partial charge in [0.2, 0.25) is 5.91 Å². The van der Waals surface area contributed by atoms with Crippen LogP contribution in [0.1, 0.15) is 59.1 Å². The van der Waals surface area contributed by atoms with Crippen LogP contribution in [0.3, 0.4) is 0 Å². The average molecular weight is 580 g/mol. The molecule has 0 spiro atoms. The molecule has 3 unspecified atom stereocenters. The zero-order chi connectivity index (χ0) is 30.2. The van der Waals surface area contributed by atoms with E-state index in [1.807, 2.05) is 62.6 Å². The van der Waals surface area contributed by atoms with Crippen LogP contribution in [0.4, 0.5) is 10.5 Å². The highest BCUT2D eigenvalue weighted by atomic mass is 32.2. The molecule has 41 heavy (non-hydrogen) atoms. The molecule has 3 N–H and O–H groups in total. The molecule has 3 amide bonds. The summed E-state index contributed by atoms with van der Waals surface area (Å²) in [6.07, 6.45) is 2.17. The molecule has 0 heterocycles. The van der Waals surface area contributed by atoms with Crippen LogP contribution >= 0.6 is 11.8 Å². The van der Waals surface area contributed by atoms with Crippen LogP contribution in [-0.4, -0.2) is 57.6 Å². The summed E-state index contributed by atoms with van der Waals surface area (Å²) in [6.45, 7) is 9.10. The second-order valence-corrected chi connectivity index (χ2v) is 12.0. The summed E-state index contributed by atoms with van der Waals surface area (Å²) in [6, 6.07) is 17.5. The van der Waals surface area contributed by atoms with Gasteiger partial charge in [-0.05, 0) is 93.1 Å². The summed E-state index contributed by atoms with van der Waals surface area (Å²) < 4.78 is 5.45. The molecular formula is C32H41N3O5S. The van der Waals surface area contributed by atoms with Crippen molar-refractivity contribution in [1.82, 2.24) is 10.2 Å². The second-order valence-electron chi connectivity index (χ2n) is 11.0. The molecule has 0 saturated heterocycles. The van der Waals surface area contributed by atoms with Gasteiger partial charge in [-0.15, -0.1) is 0 Å². The number of carbonyl (C=O) groups excluding carboxylic acids is 3. The van der Waals surface area contributed by atoms with Gasteiger partial charge in [-0.3, -0.25) is 9.59 Å². The van der Waals surface area contributed by atoms with Gasteiger partial charge in [0, 0.05) is 11.7 Å². The molecule has 0 fully saturated rings. The topological polar surface area (TPSA) is 108 Å². The maximum absolute atomic E-state index is 14.3. The summed E-state index contributed by atoms with van der Waals surface area (Å²) in [4.78, 5) is 42.6. The third kappa shape index (κ3) is 8.88. The number of fused-ring (bicyclic) bond motifs is 1. The number of nitrogens with one attached hydrogen (secondary N) is 2. The van der Waals surface area contributed by atoms with Crippen LogP contribution in [0.5, 0.6) is 5.75 Å². The Labute approximate surface area is 246 Å². The van der Waals surface area contributed by atoms with Crippen molar-refractivity contribution >= 4 is 46.1 Å². The van der Waals surface area contributed by atoms with Crippen LogP contribution < -0.4 is 10.6 Å². The number of carbonyl (C=O) groups is 3. The summed E-state index contributed by atoms with van der Waals surface area (Å²) in [5.74, 6) is -0.118. The number of ether oxygens (including phenoxy) is 1. The molecule has 0 bridgehead atoms. The molecule has 0 radical (unpaired) electrons. The van der Waals surface area contributed by atoms with Gasteiger partial charge in [0.05, 0.1) is 0 Å². The lowest BCUT2D eigenvalue weighted by Crippen LogP contribution is -2.55. The van der Waals surface area contributed by atoms with Crippen molar-refractivity contribution in [2.45, 2.75) is 71.2 Å². The number of hydrogen-bond donors (Lipinski definition) is 3. The highest BCUT2D eigenvalue weighted by Crippen LogP contribution is 2.30. The molecule has 3 rings (SSSR count). The van der Waals surface area contributed by atoms with Crippen molar-refractivity contribution in [1.29, 1.82) is 0 Å². The summed E-state index contributed by atoms with van der Waals surface area (Å²) in [5.41, 5.74) is 0.400. The molecule has 3 aromatic carbocycles. The van der Waals surface area contributed by atoms with Gasteiger partial charge < -0.3 is 25.4 Å². The Balaban J connectivity index is 2.03. The average Bonchev–Trinajstić information content (AvgIpc) is 2.92. The fourth-order valence-corrected chi connectivity index (χ4v) is 4.96. The van der Waals surface area contributed by atoms with Crippen molar-refractivity contribution in [3.8, 4) is 5.75 Å². The Kier molecular flexibility index (Phi) is 11.1. The van der Waals surface area contributed by atoms with E-state index in [0.717, 1.165) is 10.8 Å².